The number of nitrogens with one attached hydrogen (secondary N) is 1. The molecule has 3 rings (SSSR count). The number of hydrogen-bond acceptors (Lipinski definition) is 4. The fourth-order valence-electron chi connectivity index (χ4n) is 2.46. The van der Waals surface area contributed by atoms with Gasteiger partial charge in [-0.2, -0.15) is 8.42 Å². The third-order valence-corrected chi connectivity index (χ3v) is 5.26. The summed E-state index contributed by atoms with van der Waals surface area (Å²) in [7, 11) is -2.94. The van der Waals surface area contributed by atoms with Crippen LogP contribution in [0.5, 0.6) is 5.75 Å². The third-order valence-electron chi connectivity index (χ3n) is 3.95. The first-order chi connectivity index (χ1) is 12.7. The minimum Gasteiger partial charge on any atom is -0.506 e. The number of likely N-dealkylation sites (N-methyl/N-ethyl adjacent to an activating group) is 1. The van der Waals surface area contributed by atoms with Crippen LogP contribution in [0.1, 0.15) is 11.1 Å². The molecule has 0 saturated heterocycles. The molecule has 27 heavy (non-hydrogen) atoms. The molecule has 1 aliphatic heterocycles. The lowest BCUT2D eigenvalue weighted by molar-refractivity contribution is -0.113. The number of phenolic OH excluding ortho intramolecular Hbond substituents is 1. The molecule has 0 saturated carbocycles. The molecule has 2 aromatic rings. The molecule has 0 fully saturated rings. The number of aromatic hydroxyl groups is 1. The van der Waals surface area contributed by atoms with Gasteiger partial charge in [-0.1, -0.05) is 6.07 Å². The van der Waals surface area contributed by atoms with E-state index in [1.54, 1.807) is 19.1 Å². The van der Waals surface area contributed by atoms with Gasteiger partial charge in [-0.15, -0.1) is 4.40 Å². The van der Waals surface area contributed by atoms with Crippen molar-refractivity contribution in [3.63, 3.8) is 0 Å². The highest BCUT2D eigenvalue weighted by molar-refractivity contribution is 7.88. The molecule has 0 radical (unpaired) electrons. The lowest BCUT2D eigenvalue weighted by Gasteiger charge is -2.23. The molecule has 0 aromatic heterocycles. The Balaban J connectivity index is 1.99. The Morgan fingerprint density at radius 1 is 1.19 bits per heavy atom. The van der Waals surface area contributed by atoms with Crippen LogP contribution < -0.4 is 5.32 Å². The minimum absolute atomic E-state index is 0.00622. The summed E-state index contributed by atoms with van der Waals surface area (Å²) in [6.07, 6.45) is 1.29. The second-order valence-corrected chi connectivity index (χ2v) is 7.56. The number of amides is 1. The normalized spacial score (nSPS) is 15.7. The maximum absolute atomic E-state index is 13.1. The molecular formula is C18H16FN3O4S. The van der Waals surface area contributed by atoms with Gasteiger partial charge in [-0.05, 0) is 55.0 Å². The second-order valence-electron chi connectivity index (χ2n) is 5.93. The van der Waals surface area contributed by atoms with Crippen molar-refractivity contribution in [2.75, 3.05) is 12.4 Å². The van der Waals surface area contributed by atoms with Crippen molar-refractivity contribution >= 4 is 27.5 Å². The molecule has 0 unspecified atom stereocenters. The molecule has 1 aliphatic rings. The Bertz CT molecular complexity index is 1080. The first-order valence-corrected chi connectivity index (χ1v) is 9.24. The monoisotopic (exact) mass is 389 g/mol. The quantitative estimate of drug-likeness (QED) is 0.787. The first-order valence-electron chi connectivity index (χ1n) is 7.85. The maximum Gasteiger partial charge on any atom is 0.345 e. The van der Waals surface area contributed by atoms with Gasteiger partial charge in [0.1, 0.15) is 17.3 Å². The fraction of sp³-hybridized carbons (Fsp3) is 0.111. The molecule has 0 bridgehead atoms. The number of allylic oxidation sites excluding steroid dienone is 1. The van der Waals surface area contributed by atoms with E-state index in [1.165, 1.54) is 43.5 Å². The topological polar surface area (TPSA) is 99.1 Å². The highest BCUT2D eigenvalue weighted by Gasteiger charge is 2.30. The summed E-state index contributed by atoms with van der Waals surface area (Å²) >= 11 is 0. The zero-order chi connectivity index (χ0) is 19.8. The van der Waals surface area contributed by atoms with E-state index in [0.29, 0.717) is 5.56 Å². The van der Waals surface area contributed by atoms with Crippen molar-refractivity contribution in [2.45, 2.75) is 6.92 Å². The Morgan fingerprint density at radius 2 is 1.85 bits per heavy atom. The van der Waals surface area contributed by atoms with E-state index in [2.05, 4.69) is 9.71 Å². The molecular weight excluding hydrogens is 373 g/mol. The average Bonchev–Trinajstić information content (AvgIpc) is 2.61. The molecule has 9 heteroatoms. The van der Waals surface area contributed by atoms with Crippen LogP contribution in [-0.2, 0) is 15.0 Å². The van der Waals surface area contributed by atoms with Gasteiger partial charge < -0.3 is 10.4 Å². The van der Waals surface area contributed by atoms with E-state index in [0.717, 1.165) is 9.87 Å². The first kappa shape index (κ1) is 18.6. The van der Waals surface area contributed by atoms with Crippen molar-refractivity contribution < 1.29 is 22.7 Å². The number of hydrogen-bond donors (Lipinski definition) is 2. The second kappa shape index (κ2) is 6.84. The van der Waals surface area contributed by atoms with Crippen LogP contribution in [0.3, 0.4) is 0 Å². The number of rotatable bonds is 3. The van der Waals surface area contributed by atoms with E-state index in [1.807, 2.05) is 0 Å². The van der Waals surface area contributed by atoms with Gasteiger partial charge in [0.05, 0.1) is 11.4 Å². The number of anilines is 1. The molecule has 0 spiro atoms. The zero-order valence-electron chi connectivity index (χ0n) is 14.5. The van der Waals surface area contributed by atoms with Gasteiger partial charge in [-0.3, -0.25) is 4.79 Å². The molecule has 7 nitrogen and oxygen atoms in total. The fourth-order valence-corrected chi connectivity index (χ4v) is 3.37. The molecule has 2 aromatic carbocycles. The summed E-state index contributed by atoms with van der Waals surface area (Å²) in [5.41, 5.74) is 1.11. The highest BCUT2D eigenvalue weighted by Crippen LogP contribution is 2.26. The summed E-state index contributed by atoms with van der Waals surface area (Å²) < 4.78 is 42.1. The molecule has 2 N–H and O–H groups in total. The Labute approximate surface area is 155 Å². The third kappa shape index (κ3) is 3.82. The molecule has 1 heterocycles. The van der Waals surface area contributed by atoms with Gasteiger partial charge >= 0.3 is 10.2 Å². The average molecular weight is 389 g/mol. The van der Waals surface area contributed by atoms with Gasteiger partial charge in [0.15, 0.2) is 0 Å². The predicted octanol–water partition coefficient (Wildman–Crippen LogP) is 2.34. The number of benzene rings is 2. The maximum atomic E-state index is 13.1. The van der Waals surface area contributed by atoms with E-state index in [4.69, 9.17) is 0 Å². The van der Waals surface area contributed by atoms with Crippen LogP contribution in [0.2, 0.25) is 0 Å². The number of aryl methyl sites for hydroxylation is 1. The van der Waals surface area contributed by atoms with E-state index >= 15 is 0 Å². The lowest BCUT2D eigenvalue weighted by Crippen LogP contribution is -2.35. The number of phenols is 1. The standard InChI is InChI=1S/C18H16FN3O4S/c1-11-3-8-17(23)15(9-11)20-18(24)16-10-14(21-27(25,26)22(16)2)12-4-6-13(19)7-5-12/h3-10,23H,1-2H3,(H,20,24). The van der Waals surface area contributed by atoms with E-state index in [-0.39, 0.29) is 22.8 Å². The molecule has 140 valence electrons. The number of carbonyl (C=O) groups is 1. The largest absolute Gasteiger partial charge is 0.506 e. The highest BCUT2D eigenvalue weighted by atomic mass is 32.2. The van der Waals surface area contributed by atoms with Crippen molar-refractivity contribution in [1.82, 2.24) is 4.31 Å². The predicted molar refractivity (Wildman–Crippen MR) is 99.2 cm³/mol. The summed E-state index contributed by atoms with van der Waals surface area (Å²) in [4.78, 5) is 12.6. The van der Waals surface area contributed by atoms with Crippen molar-refractivity contribution in [2.24, 2.45) is 4.40 Å². The van der Waals surface area contributed by atoms with Crippen molar-refractivity contribution in [3.05, 3.63) is 71.2 Å². The van der Waals surface area contributed by atoms with Crippen LogP contribution in [0, 0.1) is 12.7 Å². The van der Waals surface area contributed by atoms with Crippen LogP contribution in [-0.4, -0.2) is 36.5 Å². The van der Waals surface area contributed by atoms with Crippen LogP contribution in [0.25, 0.3) is 0 Å². The van der Waals surface area contributed by atoms with Crippen LogP contribution >= 0.6 is 0 Å². The molecule has 1 amide bonds. The summed E-state index contributed by atoms with van der Waals surface area (Å²) in [6.45, 7) is 1.78. The Kier molecular flexibility index (Phi) is 4.71. The van der Waals surface area contributed by atoms with Gasteiger partial charge in [0.2, 0.25) is 0 Å². The summed E-state index contributed by atoms with van der Waals surface area (Å²) in [5.74, 6) is -1.37. The SMILES string of the molecule is Cc1ccc(O)c(NC(=O)C2=CC(c3ccc(F)cc3)=NS(=O)(=O)N2C)c1. The minimum atomic E-state index is -4.14. The number of nitrogens with zero attached hydrogens (tertiary/aromatic N) is 2. The Morgan fingerprint density at radius 3 is 2.52 bits per heavy atom. The summed E-state index contributed by atoms with van der Waals surface area (Å²) in [6, 6.07) is 9.72. The number of halogens is 1. The lowest BCUT2D eigenvalue weighted by atomic mass is 10.1. The molecule has 0 aliphatic carbocycles. The zero-order valence-corrected chi connectivity index (χ0v) is 15.3. The van der Waals surface area contributed by atoms with Crippen LogP contribution in [0.4, 0.5) is 10.1 Å². The van der Waals surface area contributed by atoms with Crippen LogP contribution in [0.15, 0.2) is 58.6 Å². The van der Waals surface area contributed by atoms with E-state index < -0.39 is 21.9 Å². The van der Waals surface area contributed by atoms with Gasteiger partial charge in [0.25, 0.3) is 5.91 Å². The van der Waals surface area contributed by atoms with Gasteiger partial charge in [-0.25, -0.2) is 8.70 Å². The van der Waals surface area contributed by atoms with Crippen molar-refractivity contribution in [1.29, 1.82) is 0 Å². The number of carbonyl (C=O) groups excluding carboxylic acids is 1. The van der Waals surface area contributed by atoms with E-state index in [9.17, 15) is 22.7 Å². The summed E-state index contributed by atoms with van der Waals surface area (Å²) in [5, 5.41) is 12.4. The van der Waals surface area contributed by atoms with Gasteiger partial charge in [0, 0.05) is 12.6 Å². The smallest absolute Gasteiger partial charge is 0.345 e. The Hall–Kier alpha value is -3.20. The molecule has 0 atom stereocenters. The van der Waals surface area contributed by atoms with Crippen molar-refractivity contribution in [3.8, 4) is 5.75 Å².